The lowest BCUT2D eigenvalue weighted by molar-refractivity contribution is -0.171. The lowest BCUT2D eigenvalue weighted by Crippen LogP contribution is -2.55. The van der Waals surface area contributed by atoms with Crippen molar-refractivity contribution >= 4 is 5.78 Å². The minimum Gasteiger partial charge on any atom is -0.368 e. The number of carbonyl (C=O) groups excluding carboxylic acids is 1. The summed E-state index contributed by atoms with van der Waals surface area (Å²) in [6.07, 6.45) is 11.9. The molecule has 4 rings (SSSR count). The molecule has 0 aliphatic heterocycles. The van der Waals surface area contributed by atoms with E-state index >= 15 is 0 Å². The molecule has 3 saturated carbocycles. The molecule has 2 unspecified atom stereocenters. The van der Waals surface area contributed by atoms with E-state index in [0.29, 0.717) is 23.5 Å². The summed E-state index contributed by atoms with van der Waals surface area (Å²) in [6.45, 7) is 9.20. The maximum Gasteiger partial charge on any atom is 0.155 e. The zero-order valence-corrected chi connectivity index (χ0v) is 17.6. The van der Waals surface area contributed by atoms with Gasteiger partial charge in [0.1, 0.15) is 0 Å². The lowest BCUT2D eigenvalue weighted by Gasteiger charge is -2.61. The van der Waals surface area contributed by atoms with Crippen LogP contribution in [0, 0.1) is 45.8 Å². The quantitative estimate of drug-likeness (QED) is 0.703. The van der Waals surface area contributed by atoms with Crippen molar-refractivity contribution in [1.29, 1.82) is 0 Å². The van der Waals surface area contributed by atoms with Gasteiger partial charge in [-0.15, -0.1) is 0 Å². The molecule has 0 spiro atoms. The normalized spacial score (nSPS) is 50.3. The van der Waals surface area contributed by atoms with Crippen LogP contribution in [0.15, 0.2) is 12.2 Å². The van der Waals surface area contributed by atoms with Gasteiger partial charge in [0.15, 0.2) is 12.1 Å². The Morgan fingerprint density at radius 1 is 1.11 bits per heavy atom. The van der Waals surface area contributed by atoms with Gasteiger partial charge in [-0.25, -0.2) is 0 Å². The largest absolute Gasteiger partial charge is 0.368 e. The monoisotopic (exact) mass is 374 g/mol. The highest BCUT2D eigenvalue weighted by atomic mass is 16.5. The van der Waals surface area contributed by atoms with Crippen LogP contribution in [0.5, 0.6) is 0 Å². The maximum atomic E-state index is 12.0. The Morgan fingerprint density at radius 2 is 1.81 bits per heavy atom. The van der Waals surface area contributed by atoms with Crippen molar-refractivity contribution in [2.24, 2.45) is 45.8 Å². The third kappa shape index (κ3) is 2.50. The van der Waals surface area contributed by atoms with E-state index in [1.807, 2.05) is 6.08 Å². The van der Waals surface area contributed by atoms with Gasteiger partial charge in [0.2, 0.25) is 0 Å². The van der Waals surface area contributed by atoms with Gasteiger partial charge in [-0.3, -0.25) is 4.79 Å². The average Bonchev–Trinajstić information content (AvgIpc) is 2.94. The Bertz CT molecular complexity index is 640. The van der Waals surface area contributed by atoms with E-state index < -0.39 is 6.29 Å². The number of aliphatic hydroxyl groups excluding tert-OH is 1. The van der Waals surface area contributed by atoms with Crippen LogP contribution in [0.4, 0.5) is 0 Å². The van der Waals surface area contributed by atoms with E-state index in [1.54, 1.807) is 0 Å². The van der Waals surface area contributed by atoms with Crippen molar-refractivity contribution in [2.45, 2.75) is 85.4 Å². The second kappa shape index (κ2) is 6.42. The molecule has 0 saturated heterocycles. The number of fused-ring (bicyclic) bond motifs is 5. The SMILES string of the molecule is CC[C@@]1(C(C)C(O)O)CC[C@H]2[C@@H]3CCC4CC(=O)C=C[C@]4(C)[C@H]3CC[C@@]21C. The average molecular weight is 375 g/mol. The van der Waals surface area contributed by atoms with Crippen molar-refractivity contribution in [1.82, 2.24) is 0 Å². The predicted molar refractivity (Wildman–Crippen MR) is 107 cm³/mol. The molecule has 3 nitrogen and oxygen atoms in total. The summed E-state index contributed by atoms with van der Waals surface area (Å²) in [5.74, 6) is 2.85. The van der Waals surface area contributed by atoms with Crippen molar-refractivity contribution in [3.8, 4) is 0 Å². The van der Waals surface area contributed by atoms with E-state index in [1.165, 1.54) is 32.1 Å². The van der Waals surface area contributed by atoms with Crippen molar-refractivity contribution < 1.29 is 15.0 Å². The van der Waals surface area contributed by atoms with E-state index in [4.69, 9.17) is 0 Å². The smallest absolute Gasteiger partial charge is 0.155 e. The molecule has 0 amide bonds. The van der Waals surface area contributed by atoms with Crippen LogP contribution in [0.1, 0.15) is 79.1 Å². The second-order valence-corrected chi connectivity index (χ2v) is 10.7. The standard InChI is InChI=1S/C24H38O3/c1-5-24(15(2)21(26)27)13-10-20-18-7-6-16-14-17(25)8-11-22(16,3)19(18)9-12-23(20,24)4/h8,11,15-16,18-21,26-27H,5-7,9-10,12-14H2,1-4H3/t15?,16?,18-,19+,20+,22+,23+,24+/m1/s1. The molecule has 0 radical (unpaired) electrons. The number of ketones is 1. The zero-order chi connectivity index (χ0) is 19.6. The Balaban J connectivity index is 1.68. The van der Waals surface area contributed by atoms with Crippen molar-refractivity contribution in [3.63, 3.8) is 0 Å². The Hall–Kier alpha value is -0.670. The first-order chi connectivity index (χ1) is 12.7. The van der Waals surface area contributed by atoms with Gasteiger partial charge in [0, 0.05) is 12.3 Å². The van der Waals surface area contributed by atoms with Gasteiger partial charge in [-0.1, -0.05) is 33.8 Å². The highest BCUT2D eigenvalue weighted by Crippen LogP contribution is 2.72. The summed E-state index contributed by atoms with van der Waals surface area (Å²) < 4.78 is 0. The number of carbonyl (C=O) groups is 1. The molecular formula is C24H38O3. The molecule has 0 aromatic carbocycles. The minimum absolute atomic E-state index is 0.0346. The van der Waals surface area contributed by atoms with Gasteiger partial charge in [-0.2, -0.15) is 0 Å². The van der Waals surface area contributed by atoms with Crippen LogP contribution in [-0.2, 0) is 4.79 Å². The van der Waals surface area contributed by atoms with Crippen LogP contribution in [0.25, 0.3) is 0 Å². The fourth-order valence-electron chi connectivity index (χ4n) is 8.74. The van der Waals surface area contributed by atoms with Gasteiger partial charge >= 0.3 is 0 Å². The zero-order valence-electron chi connectivity index (χ0n) is 17.6. The van der Waals surface area contributed by atoms with Gasteiger partial charge in [0.05, 0.1) is 0 Å². The molecule has 8 atom stereocenters. The highest BCUT2D eigenvalue weighted by Gasteiger charge is 2.65. The van der Waals surface area contributed by atoms with E-state index in [0.717, 1.165) is 25.2 Å². The predicted octanol–water partition coefficient (Wildman–Crippen LogP) is 4.72. The van der Waals surface area contributed by atoms with Crippen LogP contribution < -0.4 is 0 Å². The third-order valence-electron chi connectivity index (χ3n) is 10.4. The maximum absolute atomic E-state index is 12.0. The molecule has 3 heteroatoms. The summed E-state index contributed by atoms with van der Waals surface area (Å²) >= 11 is 0. The third-order valence-corrected chi connectivity index (χ3v) is 10.4. The van der Waals surface area contributed by atoms with E-state index in [-0.39, 0.29) is 22.2 Å². The minimum atomic E-state index is -1.22. The summed E-state index contributed by atoms with van der Waals surface area (Å²) in [7, 11) is 0. The van der Waals surface area contributed by atoms with Crippen LogP contribution >= 0.6 is 0 Å². The van der Waals surface area contributed by atoms with Crippen LogP contribution in [-0.4, -0.2) is 22.3 Å². The molecule has 3 fully saturated rings. The first-order valence-electron chi connectivity index (χ1n) is 11.3. The molecule has 152 valence electrons. The van der Waals surface area contributed by atoms with Crippen molar-refractivity contribution in [2.75, 3.05) is 0 Å². The summed E-state index contributed by atoms with van der Waals surface area (Å²) in [4.78, 5) is 12.0. The molecule has 0 aromatic rings. The Kier molecular flexibility index (Phi) is 4.67. The molecule has 0 bridgehead atoms. The fraction of sp³-hybridized carbons (Fsp3) is 0.875. The van der Waals surface area contributed by atoms with Gasteiger partial charge in [0.25, 0.3) is 0 Å². The van der Waals surface area contributed by atoms with Crippen molar-refractivity contribution in [3.05, 3.63) is 12.2 Å². The highest BCUT2D eigenvalue weighted by molar-refractivity contribution is 5.91. The number of hydrogen-bond donors (Lipinski definition) is 2. The molecule has 2 N–H and O–H groups in total. The Labute approximate surface area is 164 Å². The summed E-state index contributed by atoms with van der Waals surface area (Å²) in [6, 6.07) is 0. The lowest BCUT2D eigenvalue weighted by atomic mass is 9.43. The van der Waals surface area contributed by atoms with Gasteiger partial charge < -0.3 is 10.2 Å². The first-order valence-corrected chi connectivity index (χ1v) is 11.3. The van der Waals surface area contributed by atoms with E-state index in [2.05, 4.69) is 33.8 Å². The second-order valence-electron chi connectivity index (χ2n) is 10.7. The van der Waals surface area contributed by atoms with Crippen LogP contribution in [0.3, 0.4) is 0 Å². The van der Waals surface area contributed by atoms with E-state index in [9.17, 15) is 15.0 Å². The molecule has 0 heterocycles. The Morgan fingerprint density at radius 3 is 2.48 bits per heavy atom. The number of aliphatic hydroxyl groups is 2. The number of allylic oxidation sites excluding steroid dienone is 2. The van der Waals surface area contributed by atoms with Gasteiger partial charge in [-0.05, 0) is 90.9 Å². The number of hydrogen-bond acceptors (Lipinski definition) is 3. The molecule has 4 aliphatic rings. The molecule has 4 aliphatic carbocycles. The topological polar surface area (TPSA) is 57.5 Å². The molecule has 27 heavy (non-hydrogen) atoms. The first kappa shape index (κ1) is 19.6. The molecular weight excluding hydrogens is 336 g/mol. The molecule has 0 aromatic heterocycles. The number of rotatable bonds is 3. The summed E-state index contributed by atoms with van der Waals surface area (Å²) in [5.41, 5.74) is 0.411. The fourth-order valence-corrected chi connectivity index (χ4v) is 8.74. The summed E-state index contributed by atoms with van der Waals surface area (Å²) in [5, 5.41) is 20.1. The van der Waals surface area contributed by atoms with Crippen LogP contribution in [0.2, 0.25) is 0 Å².